The molecule has 1 aromatic heterocycles. The number of aliphatic hydroxyl groups excluding tert-OH is 1. The summed E-state index contributed by atoms with van der Waals surface area (Å²) in [6.45, 7) is 2.15. The number of aromatic nitrogens is 1. The highest BCUT2D eigenvalue weighted by atomic mass is 16.3. The Bertz CT molecular complexity index is 748. The fraction of sp³-hybridized carbons (Fsp3) is 0.526. The predicted octanol–water partition coefficient (Wildman–Crippen LogP) is 1.90. The smallest absolute Gasteiger partial charge is 0.253 e. The van der Waals surface area contributed by atoms with E-state index in [-0.39, 0.29) is 18.0 Å². The van der Waals surface area contributed by atoms with Crippen LogP contribution >= 0.6 is 0 Å². The van der Waals surface area contributed by atoms with Gasteiger partial charge < -0.3 is 15.0 Å². The highest BCUT2D eigenvalue weighted by Crippen LogP contribution is 2.28. The van der Waals surface area contributed by atoms with Crippen molar-refractivity contribution in [3.63, 3.8) is 0 Å². The van der Waals surface area contributed by atoms with Crippen molar-refractivity contribution in [3.05, 3.63) is 36.0 Å². The number of para-hydroxylation sites is 1. The maximum Gasteiger partial charge on any atom is 0.253 e. The second-order valence-electron chi connectivity index (χ2n) is 7.13. The van der Waals surface area contributed by atoms with Gasteiger partial charge in [-0.1, -0.05) is 18.2 Å². The fourth-order valence-corrected chi connectivity index (χ4v) is 4.36. The molecule has 4 rings (SSSR count). The Morgan fingerprint density at radius 1 is 1.21 bits per heavy atom. The number of hydrogen-bond acceptors (Lipinski definition) is 3. The zero-order valence-electron chi connectivity index (χ0n) is 14.1. The standard InChI is InChI=1S/C19H25N3O2/c1-21-12-14(13-6-2-3-7-16(13)21)19(24)20-15-8-9-17(18(15)23)22-10-4-5-11-22/h2-3,6-7,12,15,17-18,23H,4-5,8-11H2,1H3,(H,20,24)/t15-,17-,18-/m1/s1. The maximum atomic E-state index is 12.8. The molecule has 5 nitrogen and oxygen atoms in total. The molecule has 2 fully saturated rings. The average Bonchev–Trinajstić information content (AvgIpc) is 3.29. The number of likely N-dealkylation sites (tertiary alicyclic amines) is 1. The van der Waals surface area contributed by atoms with Crippen LogP contribution in [0.1, 0.15) is 36.0 Å². The Hall–Kier alpha value is -1.85. The van der Waals surface area contributed by atoms with Crippen molar-refractivity contribution in [2.24, 2.45) is 7.05 Å². The van der Waals surface area contributed by atoms with E-state index < -0.39 is 6.10 Å². The van der Waals surface area contributed by atoms with Crippen LogP contribution < -0.4 is 5.32 Å². The van der Waals surface area contributed by atoms with Crippen molar-refractivity contribution in [1.29, 1.82) is 0 Å². The third kappa shape index (κ3) is 2.62. The van der Waals surface area contributed by atoms with E-state index in [1.165, 1.54) is 12.8 Å². The van der Waals surface area contributed by atoms with E-state index in [4.69, 9.17) is 0 Å². The lowest BCUT2D eigenvalue weighted by atomic mass is 10.1. The third-order valence-corrected chi connectivity index (χ3v) is 5.65. The number of amides is 1. The number of hydrogen-bond donors (Lipinski definition) is 2. The number of aryl methyl sites for hydroxylation is 1. The first-order chi connectivity index (χ1) is 11.6. The zero-order chi connectivity index (χ0) is 16.7. The lowest BCUT2D eigenvalue weighted by Gasteiger charge is -2.28. The number of carbonyl (C=O) groups is 1. The fourth-order valence-electron chi connectivity index (χ4n) is 4.36. The van der Waals surface area contributed by atoms with Crippen LogP contribution in [0.3, 0.4) is 0 Å². The van der Waals surface area contributed by atoms with Gasteiger partial charge in [0.15, 0.2) is 0 Å². The van der Waals surface area contributed by atoms with E-state index in [0.717, 1.165) is 36.8 Å². The monoisotopic (exact) mass is 327 g/mol. The molecule has 128 valence electrons. The third-order valence-electron chi connectivity index (χ3n) is 5.65. The molecule has 2 aromatic rings. The molecule has 0 bridgehead atoms. The predicted molar refractivity (Wildman–Crippen MR) is 94.0 cm³/mol. The summed E-state index contributed by atoms with van der Waals surface area (Å²) < 4.78 is 1.97. The molecule has 0 unspecified atom stereocenters. The second-order valence-corrected chi connectivity index (χ2v) is 7.13. The summed E-state index contributed by atoms with van der Waals surface area (Å²) in [5.74, 6) is -0.0853. The van der Waals surface area contributed by atoms with Crippen molar-refractivity contribution in [1.82, 2.24) is 14.8 Å². The molecule has 1 aromatic carbocycles. The van der Waals surface area contributed by atoms with Gasteiger partial charge in [-0.3, -0.25) is 9.69 Å². The Balaban J connectivity index is 1.49. The summed E-state index contributed by atoms with van der Waals surface area (Å²) in [6.07, 6.45) is 5.65. The molecule has 0 radical (unpaired) electrons. The lowest BCUT2D eigenvalue weighted by molar-refractivity contribution is 0.0620. The van der Waals surface area contributed by atoms with Gasteiger partial charge in [-0.25, -0.2) is 0 Å². The van der Waals surface area contributed by atoms with Crippen LogP contribution in [-0.2, 0) is 7.05 Å². The number of benzene rings is 1. The summed E-state index contributed by atoms with van der Waals surface area (Å²) in [5, 5.41) is 14.7. The van der Waals surface area contributed by atoms with E-state index in [2.05, 4.69) is 10.2 Å². The molecular formula is C19H25N3O2. The SMILES string of the molecule is Cn1cc(C(=O)N[C@@H]2CC[C@@H](N3CCCC3)[C@@H]2O)c2ccccc21. The Morgan fingerprint density at radius 2 is 1.96 bits per heavy atom. The molecule has 3 atom stereocenters. The van der Waals surface area contributed by atoms with E-state index in [0.29, 0.717) is 5.56 Å². The van der Waals surface area contributed by atoms with Crippen LogP contribution in [0, 0.1) is 0 Å². The minimum absolute atomic E-state index is 0.0853. The molecule has 5 heteroatoms. The van der Waals surface area contributed by atoms with E-state index >= 15 is 0 Å². The van der Waals surface area contributed by atoms with E-state index in [1.54, 1.807) is 0 Å². The van der Waals surface area contributed by atoms with E-state index in [1.807, 2.05) is 42.1 Å². The summed E-state index contributed by atoms with van der Waals surface area (Å²) in [4.78, 5) is 15.1. The lowest BCUT2D eigenvalue weighted by Crippen LogP contribution is -2.47. The van der Waals surface area contributed by atoms with Gasteiger partial charge in [-0.15, -0.1) is 0 Å². The highest BCUT2D eigenvalue weighted by Gasteiger charge is 2.39. The van der Waals surface area contributed by atoms with Gasteiger partial charge in [0, 0.05) is 30.2 Å². The van der Waals surface area contributed by atoms with Crippen LogP contribution in [0.25, 0.3) is 10.9 Å². The van der Waals surface area contributed by atoms with Gasteiger partial charge >= 0.3 is 0 Å². The van der Waals surface area contributed by atoms with Gasteiger partial charge in [0.1, 0.15) is 0 Å². The first-order valence-corrected chi connectivity index (χ1v) is 8.92. The van der Waals surface area contributed by atoms with Crippen molar-refractivity contribution in [3.8, 4) is 0 Å². The minimum atomic E-state index is -0.470. The summed E-state index contributed by atoms with van der Waals surface area (Å²) in [5.41, 5.74) is 1.73. The van der Waals surface area contributed by atoms with Crippen molar-refractivity contribution in [2.45, 2.75) is 43.9 Å². The van der Waals surface area contributed by atoms with Crippen molar-refractivity contribution in [2.75, 3.05) is 13.1 Å². The summed E-state index contributed by atoms with van der Waals surface area (Å²) in [6, 6.07) is 7.97. The molecule has 1 amide bonds. The molecule has 2 aliphatic rings. The number of nitrogens with one attached hydrogen (secondary N) is 1. The van der Waals surface area contributed by atoms with Crippen molar-refractivity contribution >= 4 is 16.8 Å². The minimum Gasteiger partial charge on any atom is -0.389 e. The molecule has 0 spiro atoms. The number of nitrogens with zero attached hydrogens (tertiary/aromatic N) is 2. The number of carbonyl (C=O) groups excluding carboxylic acids is 1. The molecule has 2 N–H and O–H groups in total. The first kappa shape index (κ1) is 15.7. The number of rotatable bonds is 3. The van der Waals surface area contributed by atoms with Crippen molar-refractivity contribution < 1.29 is 9.90 Å². The Morgan fingerprint density at radius 3 is 2.75 bits per heavy atom. The van der Waals surface area contributed by atoms with Crippen LogP contribution in [0.5, 0.6) is 0 Å². The normalized spacial score (nSPS) is 27.8. The Kier molecular flexibility index (Phi) is 4.06. The molecule has 2 heterocycles. The summed E-state index contributed by atoms with van der Waals surface area (Å²) >= 11 is 0. The highest BCUT2D eigenvalue weighted by molar-refractivity contribution is 6.07. The van der Waals surface area contributed by atoms with Gasteiger partial charge in [0.05, 0.1) is 17.7 Å². The maximum absolute atomic E-state index is 12.8. The van der Waals surface area contributed by atoms with Gasteiger partial charge in [0.25, 0.3) is 5.91 Å². The van der Waals surface area contributed by atoms with Crippen LogP contribution in [0.4, 0.5) is 0 Å². The second kappa shape index (κ2) is 6.22. The van der Waals surface area contributed by atoms with E-state index in [9.17, 15) is 9.90 Å². The van der Waals surface area contributed by atoms with Crippen LogP contribution in [0.15, 0.2) is 30.5 Å². The van der Waals surface area contributed by atoms with Gasteiger partial charge in [-0.05, 0) is 44.8 Å². The largest absolute Gasteiger partial charge is 0.389 e. The summed E-state index contributed by atoms with van der Waals surface area (Å²) in [7, 11) is 1.95. The molecule has 24 heavy (non-hydrogen) atoms. The number of aliphatic hydroxyl groups is 1. The Labute approximate surface area is 142 Å². The molecular weight excluding hydrogens is 302 g/mol. The van der Waals surface area contributed by atoms with Gasteiger partial charge in [-0.2, -0.15) is 0 Å². The van der Waals surface area contributed by atoms with Crippen LogP contribution in [-0.4, -0.2) is 51.8 Å². The topological polar surface area (TPSA) is 57.5 Å². The molecule has 1 aliphatic heterocycles. The number of fused-ring (bicyclic) bond motifs is 1. The first-order valence-electron chi connectivity index (χ1n) is 8.92. The zero-order valence-corrected chi connectivity index (χ0v) is 14.1. The average molecular weight is 327 g/mol. The molecule has 1 saturated carbocycles. The molecule has 1 saturated heterocycles. The molecule has 1 aliphatic carbocycles. The van der Waals surface area contributed by atoms with Crippen LogP contribution in [0.2, 0.25) is 0 Å². The van der Waals surface area contributed by atoms with Gasteiger partial charge in [0.2, 0.25) is 0 Å². The quantitative estimate of drug-likeness (QED) is 0.905.